The molecule has 1 fully saturated rings. The van der Waals surface area contributed by atoms with Crippen LogP contribution in [0.5, 0.6) is 0 Å². The average molecular weight is 365 g/mol. The first-order valence-electron chi connectivity index (χ1n) is 8.40. The van der Waals surface area contributed by atoms with Gasteiger partial charge in [0, 0.05) is 31.2 Å². The molecule has 136 valence electrons. The SMILES string of the molecule is C[C@@H](NS(=O)(=O)c1cnc2c(cnn2C)c1)C(=O)N1CCCC[C@@H]1C. The van der Waals surface area contributed by atoms with E-state index in [0.29, 0.717) is 17.6 Å². The van der Waals surface area contributed by atoms with E-state index in [0.717, 1.165) is 19.3 Å². The summed E-state index contributed by atoms with van der Waals surface area (Å²) in [5.74, 6) is -0.189. The van der Waals surface area contributed by atoms with Crippen molar-refractivity contribution in [3.05, 3.63) is 18.5 Å². The third kappa shape index (κ3) is 3.52. The lowest BCUT2D eigenvalue weighted by atomic mass is 10.0. The molecule has 9 heteroatoms. The van der Waals surface area contributed by atoms with Crippen LogP contribution in [0, 0.1) is 0 Å². The molecular weight excluding hydrogens is 342 g/mol. The molecule has 8 nitrogen and oxygen atoms in total. The number of fused-ring (bicyclic) bond motifs is 1. The van der Waals surface area contributed by atoms with Crippen LogP contribution in [0.3, 0.4) is 0 Å². The van der Waals surface area contributed by atoms with E-state index >= 15 is 0 Å². The van der Waals surface area contributed by atoms with Crippen molar-refractivity contribution in [2.75, 3.05) is 6.54 Å². The number of aromatic nitrogens is 3. The first kappa shape index (κ1) is 17.8. The van der Waals surface area contributed by atoms with Crippen molar-refractivity contribution in [3.63, 3.8) is 0 Å². The van der Waals surface area contributed by atoms with Crippen LogP contribution < -0.4 is 4.72 Å². The van der Waals surface area contributed by atoms with E-state index < -0.39 is 16.1 Å². The highest BCUT2D eigenvalue weighted by Crippen LogP contribution is 2.19. The van der Waals surface area contributed by atoms with Crippen LogP contribution in [-0.4, -0.2) is 52.6 Å². The predicted molar refractivity (Wildman–Crippen MR) is 93.3 cm³/mol. The Hall–Kier alpha value is -2.00. The number of piperidine rings is 1. The molecule has 0 saturated carbocycles. The van der Waals surface area contributed by atoms with Crippen molar-refractivity contribution < 1.29 is 13.2 Å². The summed E-state index contributed by atoms with van der Waals surface area (Å²) in [4.78, 5) is 18.5. The molecule has 2 atom stereocenters. The normalized spacial score (nSPS) is 20.0. The second-order valence-electron chi connectivity index (χ2n) is 6.57. The maximum atomic E-state index is 12.6. The van der Waals surface area contributed by atoms with Crippen molar-refractivity contribution in [3.8, 4) is 0 Å². The number of rotatable bonds is 4. The molecule has 2 aromatic rings. The minimum atomic E-state index is -3.84. The van der Waals surface area contributed by atoms with Crippen LogP contribution in [0.1, 0.15) is 33.1 Å². The largest absolute Gasteiger partial charge is 0.339 e. The van der Waals surface area contributed by atoms with Crippen LogP contribution in [0.15, 0.2) is 23.4 Å². The summed E-state index contributed by atoms with van der Waals surface area (Å²) < 4.78 is 29.3. The fourth-order valence-corrected chi connectivity index (χ4v) is 4.37. The topological polar surface area (TPSA) is 97.2 Å². The van der Waals surface area contributed by atoms with E-state index in [4.69, 9.17) is 0 Å². The van der Waals surface area contributed by atoms with Gasteiger partial charge in [0.15, 0.2) is 5.65 Å². The number of aryl methyl sites for hydroxylation is 1. The average Bonchev–Trinajstić information content (AvgIpc) is 2.95. The summed E-state index contributed by atoms with van der Waals surface area (Å²) in [6.07, 6.45) is 5.85. The maximum Gasteiger partial charge on any atom is 0.242 e. The highest BCUT2D eigenvalue weighted by molar-refractivity contribution is 7.89. The van der Waals surface area contributed by atoms with Crippen LogP contribution in [0.2, 0.25) is 0 Å². The van der Waals surface area contributed by atoms with E-state index in [2.05, 4.69) is 14.8 Å². The van der Waals surface area contributed by atoms with Crippen molar-refractivity contribution in [2.24, 2.45) is 7.05 Å². The van der Waals surface area contributed by atoms with Gasteiger partial charge in [0.1, 0.15) is 4.90 Å². The van der Waals surface area contributed by atoms with Crippen LogP contribution in [0.4, 0.5) is 0 Å². The van der Waals surface area contributed by atoms with Gasteiger partial charge >= 0.3 is 0 Å². The number of carbonyl (C=O) groups excluding carboxylic acids is 1. The smallest absolute Gasteiger partial charge is 0.242 e. The lowest BCUT2D eigenvalue weighted by Gasteiger charge is -2.35. The zero-order valence-corrected chi connectivity index (χ0v) is 15.5. The van der Waals surface area contributed by atoms with Gasteiger partial charge in [-0.1, -0.05) is 0 Å². The molecule has 3 rings (SSSR count). The zero-order chi connectivity index (χ0) is 18.2. The Bertz CT molecular complexity index is 892. The number of hydrogen-bond donors (Lipinski definition) is 1. The Labute approximate surface area is 147 Å². The molecule has 0 aromatic carbocycles. The van der Waals surface area contributed by atoms with Gasteiger partial charge in [-0.05, 0) is 39.2 Å². The number of amides is 1. The standard InChI is InChI=1S/C16H23N5O3S/c1-11-6-4-5-7-21(11)16(22)12(2)19-25(23,24)14-8-13-9-18-20(3)15(13)17-10-14/h8-12,19H,4-7H2,1-3H3/t11-,12+/m0/s1. The third-order valence-electron chi connectivity index (χ3n) is 4.65. The monoisotopic (exact) mass is 365 g/mol. The molecule has 0 unspecified atom stereocenters. The van der Waals surface area contributed by atoms with E-state index in [9.17, 15) is 13.2 Å². The fourth-order valence-electron chi connectivity index (χ4n) is 3.20. The molecule has 1 aliphatic rings. The van der Waals surface area contributed by atoms with Crippen LogP contribution in [0.25, 0.3) is 11.0 Å². The van der Waals surface area contributed by atoms with Gasteiger partial charge < -0.3 is 4.90 Å². The van der Waals surface area contributed by atoms with Gasteiger partial charge in [0.25, 0.3) is 0 Å². The Morgan fingerprint density at radius 1 is 1.36 bits per heavy atom. The number of nitrogens with one attached hydrogen (secondary N) is 1. The first-order chi connectivity index (χ1) is 11.8. The maximum absolute atomic E-state index is 12.6. The van der Waals surface area contributed by atoms with E-state index in [-0.39, 0.29) is 16.8 Å². The van der Waals surface area contributed by atoms with E-state index in [1.807, 2.05) is 6.92 Å². The number of pyridine rings is 1. The predicted octanol–water partition coefficient (Wildman–Crippen LogP) is 1.04. The van der Waals surface area contributed by atoms with Crippen molar-refractivity contribution in [1.29, 1.82) is 0 Å². The number of nitrogens with zero attached hydrogens (tertiary/aromatic N) is 4. The highest BCUT2D eigenvalue weighted by Gasteiger charge is 2.30. The van der Waals surface area contributed by atoms with Crippen molar-refractivity contribution >= 4 is 27.0 Å². The molecule has 0 radical (unpaired) electrons. The first-order valence-corrected chi connectivity index (χ1v) is 9.88. The molecule has 3 heterocycles. The number of likely N-dealkylation sites (tertiary alicyclic amines) is 1. The zero-order valence-electron chi connectivity index (χ0n) is 14.6. The molecule has 0 aliphatic carbocycles. The Morgan fingerprint density at radius 2 is 2.12 bits per heavy atom. The van der Waals surface area contributed by atoms with Gasteiger partial charge in [-0.3, -0.25) is 9.48 Å². The Kier molecular flexibility index (Phi) is 4.79. The molecule has 1 saturated heterocycles. The van der Waals surface area contributed by atoms with E-state index in [1.165, 1.54) is 12.3 Å². The molecule has 25 heavy (non-hydrogen) atoms. The number of sulfonamides is 1. The van der Waals surface area contributed by atoms with Crippen molar-refractivity contribution in [1.82, 2.24) is 24.4 Å². The summed E-state index contributed by atoms with van der Waals surface area (Å²) in [7, 11) is -2.10. The van der Waals surface area contributed by atoms with Gasteiger partial charge in [-0.2, -0.15) is 9.82 Å². The summed E-state index contributed by atoms with van der Waals surface area (Å²) >= 11 is 0. The van der Waals surface area contributed by atoms with Gasteiger partial charge in [-0.15, -0.1) is 0 Å². The van der Waals surface area contributed by atoms with Gasteiger partial charge in [0.05, 0.1) is 12.2 Å². The summed E-state index contributed by atoms with van der Waals surface area (Å²) in [5, 5.41) is 4.69. The molecule has 1 N–H and O–H groups in total. The minimum Gasteiger partial charge on any atom is -0.339 e. The molecule has 0 bridgehead atoms. The van der Waals surface area contributed by atoms with Crippen LogP contribution in [-0.2, 0) is 21.9 Å². The minimum absolute atomic E-state index is 0.0272. The van der Waals surface area contributed by atoms with Crippen LogP contribution >= 0.6 is 0 Å². The molecule has 1 amide bonds. The quantitative estimate of drug-likeness (QED) is 0.873. The molecule has 0 spiro atoms. The van der Waals surface area contributed by atoms with Crippen molar-refractivity contribution in [2.45, 2.75) is 50.1 Å². The highest BCUT2D eigenvalue weighted by atomic mass is 32.2. The summed E-state index contributed by atoms with van der Waals surface area (Å²) in [6, 6.07) is 0.829. The molecule has 1 aliphatic heterocycles. The number of carbonyl (C=O) groups is 1. The molecular formula is C16H23N5O3S. The van der Waals surface area contributed by atoms with E-state index in [1.54, 1.807) is 29.7 Å². The second kappa shape index (κ2) is 6.72. The van der Waals surface area contributed by atoms with Gasteiger partial charge in [0.2, 0.25) is 15.9 Å². The Balaban J connectivity index is 1.78. The molecule has 2 aromatic heterocycles. The summed E-state index contributed by atoms with van der Waals surface area (Å²) in [5.41, 5.74) is 0.602. The second-order valence-corrected chi connectivity index (χ2v) is 8.29. The Morgan fingerprint density at radius 3 is 2.84 bits per heavy atom. The number of hydrogen-bond acceptors (Lipinski definition) is 5. The van der Waals surface area contributed by atoms with Gasteiger partial charge in [-0.25, -0.2) is 13.4 Å². The third-order valence-corrected chi connectivity index (χ3v) is 6.15. The summed E-state index contributed by atoms with van der Waals surface area (Å²) in [6.45, 7) is 4.26. The lowest BCUT2D eigenvalue weighted by molar-refractivity contribution is -0.135. The fraction of sp³-hybridized carbons (Fsp3) is 0.562. The lowest BCUT2D eigenvalue weighted by Crippen LogP contribution is -2.51.